The van der Waals surface area contributed by atoms with Gasteiger partial charge in [-0.25, -0.2) is 14.4 Å². The molecular formula is C21H23FN4O4. The molecule has 1 amide bonds. The van der Waals surface area contributed by atoms with Crippen molar-refractivity contribution in [3.8, 4) is 11.3 Å². The number of hydrogen-bond donors (Lipinski definition) is 2. The SMILES string of the molecule is O=C1COCCN1c1cccc(-c2nc(N[C@H]3CC[C@H](C(=O)O)CC3)ncc2F)c1. The second kappa shape index (κ2) is 8.74. The van der Waals surface area contributed by atoms with Crippen molar-refractivity contribution >= 4 is 23.5 Å². The van der Waals surface area contributed by atoms with Crippen LogP contribution in [0.3, 0.4) is 0 Å². The number of morpholine rings is 1. The largest absolute Gasteiger partial charge is 0.481 e. The number of anilines is 2. The van der Waals surface area contributed by atoms with E-state index in [1.807, 2.05) is 0 Å². The molecule has 1 saturated carbocycles. The van der Waals surface area contributed by atoms with Gasteiger partial charge in [-0.15, -0.1) is 0 Å². The van der Waals surface area contributed by atoms with Crippen molar-refractivity contribution in [2.24, 2.45) is 5.92 Å². The molecule has 0 unspecified atom stereocenters. The summed E-state index contributed by atoms with van der Waals surface area (Å²) in [6.45, 7) is 0.931. The molecule has 2 N–H and O–H groups in total. The summed E-state index contributed by atoms with van der Waals surface area (Å²) in [5.74, 6) is -1.45. The second-order valence-corrected chi connectivity index (χ2v) is 7.57. The average Bonchev–Trinajstić information content (AvgIpc) is 2.76. The van der Waals surface area contributed by atoms with Crippen LogP contribution in [0.25, 0.3) is 11.3 Å². The average molecular weight is 414 g/mol. The van der Waals surface area contributed by atoms with E-state index >= 15 is 0 Å². The molecule has 0 bridgehead atoms. The molecule has 1 saturated heterocycles. The number of nitrogens with one attached hydrogen (secondary N) is 1. The lowest BCUT2D eigenvalue weighted by atomic mass is 9.86. The molecule has 0 atom stereocenters. The second-order valence-electron chi connectivity index (χ2n) is 7.57. The van der Waals surface area contributed by atoms with E-state index in [4.69, 9.17) is 9.84 Å². The fraction of sp³-hybridized carbons (Fsp3) is 0.429. The monoisotopic (exact) mass is 414 g/mol. The maximum Gasteiger partial charge on any atom is 0.306 e. The van der Waals surface area contributed by atoms with Gasteiger partial charge in [0.15, 0.2) is 5.82 Å². The highest BCUT2D eigenvalue weighted by molar-refractivity contribution is 5.95. The summed E-state index contributed by atoms with van der Waals surface area (Å²) in [5.41, 5.74) is 1.36. The van der Waals surface area contributed by atoms with Gasteiger partial charge in [0.1, 0.15) is 12.3 Å². The Morgan fingerprint density at radius 1 is 1.27 bits per heavy atom. The van der Waals surface area contributed by atoms with Crippen LogP contribution < -0.4 is 10.2 Å². The van der Waals surface area contributed by atoms with Gasteiger partial charge in [-0.3, -0.25) is 9.59 Å². The van der Waals surface area contributed by atoms with Crippen molar-refractivity contribution in [3.63, 3.8) is 0 Å². The number of aliphatic carboxylic acids is 1. The van der Waals surface area contributed by atoms with Crippen molar-refractivity contribution in [1.82, 2.24) is 9.97 Å². The molecule has 1 aromatic carbocycles. The summed E-state index contributed by atoms with van der Waals surface area (Å²) in [6.07, 6.45) is 3.71. The van der Waals surface area contributed by atoms with Crippen LogP contribution in [0.2, 0.25) is 0 Å². The van der Waals surface area contributed by atoms with Gasteiger partial charge in [-0.1, -0.05) is 12.1 Å². The van der Waals surface area contributed by atoms with Gasteiger partial charge in [-0.2, -0.15) is 0 Å². The standard InChI is InChI=1S/C21H23FN4O4/c22-17-11-23-21(24-15-6-4-13(5-7-15)20(28)29)25-19(17)14-2-1-3-16(10-14)26-8-9-30-12-18(26)27/h1-3,10-11,13,15H,4-9,12H2,(H,28,29)(H,23,24,25)/t13-,15-. The van der Waals surface area contributed by atoms with E-state index in [2.05, 4.69) is 15.3 Å². The topological polar surface area (TPSA) is 105 Å². The fourth-order valence-corrected chi connectivity index (χ4v) is 3.92. The summed E-state index contributed by atoms with van der Waals surface area (Å²) in [4.78, 5) is 33.2. The summed E-state index contributed by atoms with van der Waals surface area (Å²) in [5, 5.41) is 12.3. The first-order chi connectivity index (χ1) is 14.5. The highest BCUT2D eigenvalue weighted by Crippen LogP contribution is 2.29. The highest BCUT2D eigenvalue weighted by atomic mass is 19.1. The lowest BCUT2D eigenvalue weighted by Crippen LogP contribution is -2.41. The number of halogens is 1. The Bertz CT molecular complexity index is 946. The van der Waals surface area contributed by atoms with Gasteiger partial charge < -0.3 is 20.1 Å². The third-order valence-corrected chi connectivity index (χ3v) is 5.57. The van der Waals surface area contributed by atoms with Crippen molar-refractivity contribution in [3.05, 3.63) is 36.3 Å². The van der Waals surface area contributed by atoms with Crippen LogP contribution in [0, 0.1) is 11.7 Å². The number of aromatic nitrogens is 2. The number of ether oxygens (including phenoxy) is 1. The molecule has 2 aromatic rings. The molecule has 1 aliphatic heterocycles. The third kappa shape index (κ3) is 4.40. The normalized spacial score (nSPS) is 22.0. The number of benzene rings is 1. The van der Waals surface area contributed by atoms with Crippen LogP contribution >= 0.6 is 0 Å². The van der Waals surface area contributed by atoms with E-state index in [1.165, 1.54) is 0 Å². The Labute approximate surface area is 173 Å². The number of carboxylic acids is 1. The number of carbonyl (C=O) groups excluding carboxylic acids is 1. The molecule has 4 rings (SSSR count). The Morgan fingerprint density at radius 3 is 2.80 bits per heavy atom. The summed E-state index contributed by atoms with van der Waals surface area (Å²) in [7, 11) is 0. The first-order valence-corrected chi connectivity index (χ1v) is 10.0. The zero-order chi connectivity index (χ0) is 21.1. The molecule has 9 heteroatoms. The molecule has 1 aliphatic carbocycles. The van der Waals surface area contributed by atoms with Crippen LogP contribution in [0.1, 0.15) is 25.7 Å². The number of carboxylic acid groups (broad SMARTS) is 1. The molecule has 2 fully saturated rings. The quantitative estimate of drug-likeness (QED) is 0.775. The maximum atomic E-state index is 14.5. The number of nitrogens with zero attached hydrogens (tertiary/aromatic N) is 3. The highest BCUT2D eigenvalue weighted by Gasteiger charge is 2.26. The summed E-state index contributed by atoms with van der Waals surface area (Å²) < 4.78 is 19.7. The van der Waals surface area contributed by atoms with Crippen molar-refractivity contribution in [2.75, 3.05) is 30.0 Å². The van der Waals surface area contributed by atoms with Crippen molar-refractivity contribution in [2.45, 2.75) is 31.7 Å². The molecule has 0 radical (unpaired) electrons. The van der Waals surface area contributed by atoms with E-state index in [0.717, 1.165) is 6.20 Å². The van der Waals surface area contributed by atoms with Gasteiger partial charge >= 0.3 is 5.97 Å². The summed E-state index contributed by atoms with van der Waals surface area (Å²) >= 11 is 0. The zero-order valence-corrected chi connectivity index (χ0v) is 16.4. The number of hydrogen-bond acceptors (Lipinski definition) is 6. The Hall–Kier alpha value is -3.07. The molecule has 0 spiro atoms. The maximum absolute atomic E-state index is 14.5. The Kier molecular flexibility index (Phi) is 5.89. The van der Waals surface area contributed by atoms with Gasteiger partial charge in [0.25, 0.3) is 5.91 Å². The van der Waals surface area contributed by atoms with Gasteiger partial charge in [0, 0.05) is 23.8 Å². The number of rotatable bonds is 5. The smallest absolute Gasteiger partial charge is 0.306 e. The molecular weight excluding hydrogens is 391 g/mol. The minimum atomic E-state index is -0.757. The molecule has 2 aliphatic rings. The zero-order valence-electron chi connectivity index (χ0n) is 16.4. The van der Waals surface area contributed by atoms with Crippen LogP contribution in [-0.2, 0) is 14.3 Å². The molecule has 1 aromatic heterocycles. The van der Waals surface area contributed by atoms with Crippen LogP contribution in [0.5, 0.6) is 0 Å². The van der Waals surface area contributed by atoms with Gasteiger partial charge in [0.05, 0.1) is 18.7 Å². The Balaban J connectivity index is 1.52. The first-order valence-electron chi connectivity index (χ1n) is 10.0. The van der Waals surface area contributed by atoms with Crippen molar-refractivity contribution in [1.29, 1.82) is 0 Å². The van der Waals surface area contributed by atoms with E-state index in [0.29, 0.717) is 56.0 Å². The predicted octanol–water partition coefficient (Wildman–Crippen LogP) is 2.70. The lowest BCUT2D eigenvalue weighted by molar-refractivity contribution is -0.142. The Morgan fingerprint density at radius 2 is 2.07 bits per heavy atom. The van der Waals surface area contributed by atoms with Crippen LogP contribution in [0.15, 0.2) is 30.5 Å². The number of carbonyl (C=O) groups is 2. The molecule has 2 heterocycles. The molecule has 8 nitrogen and oxygen atoms in total. The van der Waals surface area contributed by atoms with E-state index in [9.17, 15) is 14.0 Å². The first kappa shape index (κ1) is 20.2. The van der Waals surface area contributed by atoms with Crippen molar-refractivity contribution < 1.29 is 23.8 Å². The minimum Gasteiger partial charge on any atom is -0.481 e. The van der Waals surface area contributed by atoms with Crippen LogP contribution in [-0.4, -0.2) is 52.8 Å². The lowest BCUT2D eigenvalue weighted by Gasteiger charge is -2.27. The van der Waals surface area contributed by atoms with E-state index < -0.39 is 11.8 Å². The fourth-order valence-electron chi connectivity index (χ4n) is 3.92. The minimum absolute atomic E-state index is 0.0320. The molecule has 158 valence electrons. The number of amides is 1. The predicted molar refractivity (Wildman–Crippen MR) is 108 cm³/mol. The van der Waals surface area contributed by atoms with Crippen LogP contribution in [0.4, 0.5) is 16.0 Å². The summed E-state index contributed by atoms with van der Waals surface area (Å²) in [6, 6.07) is 7.08. The van der Waals surface area contributed by atoms with E-state index in [-0.39, 0.29) is 30.2 Å². The van der Waals surface area contributed by atoms with Gasteiger partial charge in [-0.05, 0) is 37.8 Å². The van der Waals surface area contributed by atoms with E-state index in [1.54, 1.807) is 29.2 Å². The third-order valence-electron chi connectivity index (χ3n) is 5.57. The van der Waals surface area contributed by atoms with Gasteiger partial charge in [0.2, 0.25) is 5.95 Å². The molecule has 30 heavy (non-hydrogen) atoms.